The maximum atomic E-state index is 11.8. The molecule has 0 aliphatic heterocycles. The molecule has 17 heavy (non-hydrogen) atoms. The summed E-state index contributed by atoms with van der Waals surface area (Å²) in [6.07, 6.45) is 1.24. The number of H-pyrrole nitrogens is 1. The van der Waals surface area contributed by atoms with Crippen LogP contribution in [0.15, 0.2) is 27.9 Å². The summed E-state index contributed by atoms with van der Waals surface area (Å²) in [6, 6.07) is 2.55. The Morgan fingerprint density at radius 3 is 2.71 bits per heavy atom. The van der Waals surface area contributed by atoms with Crippen LogP contribution in [0.5, 0.6) is 0 Å². The number of aryl methyl sites for hydroxylation is 1. The van der Waals surface area contributed by atoms with E-state index in [9.17, 15) is 14.4 Å². The number of carboxylic acids is 1. The quantitative estimate of drug-likeness (QED) is 0.787. The van der Waals surface area contributed by atoms with E-state index in [-0.39, 0.29) is 16.5 Å². The standard InChI is InChI=1S/C11H10N2O4/c1-2-13-5-7(11(16)17)9(15)6-3-4-8(14)12-10(6)13/h3-5H,2H2,1H3,(H,12,14)(H,16,17). The molecule has 0 saturated heterocycles. The summed E-state index contributed by atoms with van der Waals surface area (Å²) in [5.74, 6) is -1.27. The molecule has 0 spiro atoms. The Morgan fingerprint density at radius 2 is 2.12 bits per heavy atom. The van der Waals surface area contributed by atoms with Gasteiger partial charge in [-0.05, 0) is 13.0 Å². The highest BCUT2D eigenvalue weighted by molar-refractivity contribution is 5.91. The molecule has 0 amide bonds. The highest BCUT2D eigenvalue weighted by Crippen LogP contribution is 2.07. The van der Waals surface area contributed by atoms with Crippen molar-refractivity contribution >= 4 is 17.0 Å². The number of carboxylic acid groups (broad SMARTS) is 1. The molecule has 6 nitrogen and oxygen atoms in total. The summed E-state index contributed by atoms with van der Waals surface area (Å²) in [7, 11) is 0. The summed E-state index contributed by atoms with van der Waals surface area (Å²) in [4.78, 5) is 36.5. The first-order valence-corrected chi connectivity index (χ1v) is 5.04. The number of hydrogen-bond acceptors (Lipinski definition) is 3. The fraction of sp³-hybridized carbons (Fsp3) is 0.182. The number of aromatic nitrogens is 2. The number of aromatic amines is 1. The Balaban J connectivity index is 3.00. The van der Waals surface area contributed by atoms with Gasteiger partial charge in [0.2, 0.25) is 11.0 Å². The predicted molar refractivity (Wildman–Crippen MR) is 61.5 cm³/mol. The molecule has 2 heterocycles. The minimum absolute atomic E-state index is 0.200. The number of nitrogens with one attached hydrogen (secondary N) is 1. The lowest BCUT2D eigenvalue weighted by Gasteiger charge is -2.08. The summed E-state index contributed by atoms with van der Waals surface area (Å²) < 4.78 is 1.53. The summed E-state index contributed by atoms with van der Waals surface area (Å²) in [5, 5.41) is 9.11. The van der Waals surface area contributed by atoms with Crippen molar-refractivity contribution in [3.05, 3.63) is 44.5 Å². The van der Waals surface area contributed by atoms with Crippen molar-refractivity contribution in [2.75, 3.05) is 0 Å². The molecule has 0 unspecified atom stereocenters. The van der Waals surface area contributed by atoms with Gasteiger partial charge in [0, 0.05) is 18.8 Å². The van der Waals surface area contributed by atoms with Crippen LogP contribution in [0.3, 0.4) is 0 Å². The molecule has 88 valence electrons. The molecular formula is C11H10N2O4. The fourth-order valence-corrected chi connectivity index (χ4v) is 1.70. The van der Waals surface area contributed by atoms with Crippen molar-refractivity contribution in [1.29, 1.82) is 0 Å². The maximum absolute atomic E-state index is 11.8. The highest BCUT2D eigenvalue weighted by atomic mass is 16.4. The van der Waals surface area contributed by atoms with Gasteiger partial charge in [-0.2, -0.15) is 0 Å². The largest absolute Gasteiger partial charge is 0.477 e. The first-order chi connectivity index (χ1) is 8.04. The molecule has 0 aromatic carbocycles. The van der Waals surface area contributed by atoms with Crippen LogP contribution < -0.4 is 11.0 Å². The van der Waals surface area contributed by atoms with Gasteiger partial charge in [0.25, 0.3) is 0 Å². The minimum atomic E-state index is -1.27. The third-order valence-corrected chi connectivity index (χ3v) is 2.53. The van der Waals surface area contributed by atoms with E-state index in [0.717, 1.165) is 0 Å². The first kappa shape index (κ1) is 11.1. The van der Waals surface area contributed by atoms with Gasteiger partial charge in [-0.25, -0.2) is 4.79 Å². The molecule has 2 rings (SSSR count). The first-order valence-electron chi connectivity index (χ1n) is 5.04. The molecule has 0 aliphatic rings. The van der Waals surface area contributed by atoms with E-state index in [4.69, 9.17) is 5.11 Å². The van der Waals surface area contributed by atoms with Crippen LogP contribution in [0, 0.1) is 0 Å². The van der Waals surface area contributed by atoms with Gasteiger partial charge in [-0.15, -0.1) is 0 Å². The Bertz CT molecular complexity index is 711. The van der Waals surface area contributed by atoms with Crippen LogP contribution in [0.2, 0.25) is 0 Å². The number of fused-ring (bicyclic) bond motifs is 1. The summed E-state index contributed by atoms with van der Waals surface area (Å²) in [5.41, 5.74) is -0.878. The van der Waals surface area contributed by atoms with Crippen molar-refractivity contribution < 1.29 is 9.90 Å². The van der Waals surface area contributed by atoms with Gasteiger partial charge < -0.3 is 14.7 Å². The molecule has 2 aromatic heterocycles. The van der Waals surface area contributed by atoms with Crippen LogP contribution in [0.1, 0.15) is 17.3 Å². The maximum Gasteiger partial charge on any atom is 0.341 e. The van der Waals surface area contributed by atoms with Gasteiger partial charge >= 0.3 is 5.97 Å². The SMILES string of the molecule is CCn1cc(C(=O)O)c(=O)c2ccc(=O)[nH]c21. The fourth-order valence-electron chi connectivity index (χ4n) is 1.70. The van der Waals surface area contributed by atoms with E-state index < -0.39 is 11.4 Å². The number of aromatic carboxylic acids is 1. The molecule has 0 atom stereocenters. The van der Waals surface area contributed by atoms with Crippen molar-refractivity contribution in [2.45, 2.75) is 13.5 Å². The third kappa shape index (κ3) is 1.73. The molecule has 0 fully saturated rings. The lowest BCUT2D eigenvalue weighted by Crippen LogP contribution is -2.21. The lowest BCUT2D eigenvalue weighted by molar-refractivity contribution is 0.0695. The van der Waals surface area contributed by atoms with Gasteiger partial charge in [0.1, 0.15) is 11.2 Å². The Hall–Kier alpha value is -2.37. The molecule has 0 radical (unpaired) electrons. The van der Waals surface area contributed by atoms with Crippen LogP contribution in [0.4, 0.5) is 0 Å². The molecule has 6 heteroatoms. The molecule has 0 aliphatic carbocycles. The highest BCUT2D eigenvalue weighted by Gasteiger charge is 2.14. The van der Waals surface area contributed by atoms with E-state index >= 15 is 0 Å². The lowest BCUT2D eigenvalue weighted by atomic mass is 10.2. The normalized spacial score (nSPS) is 10.6. The number of hydrogen-bond donors (Lipinski definition) is 2. The smallest absolute Gasteiger partial charge is 0.341 e. The van der Waals surface area contributed by atoms with Gasteiger partial charge in [0.05, 0.1) is 5.39 Å². The second-order valence-electron chi connectivity index (χ2n) is 3.55. The average Bonchev–Trinajstić information content (AvgIpc) is 2.29. The van der Waals surface area contributed by atoms with E-state index in [2.05, 4.69) is 4.98 Å². The zero-order valence-electron chi connectivity index (χ0n) is 9.06. The van der Waals surface area contributed by atoms with E-state index in [1.54, 1.807) is 6.92 Å². The molecular weight excluding hydrogens is 224 g/mol. The zero-order chi connectivity index (χ0) is 12.6. The molecule has 0 bridgehead atoms. The van der Waals surface area contributed by atoms with Crippen molar-refractivity contribution in [2.24, 2.45) is 0 Å². The molecule has 2 N–H and O–H groups in total. The second kappa shape index (κ2) is 3.89. The Labute approximate surface area is 95.1 Å². The number of carbonyl (C=O) groups is 1. The number of pyridine rings is 2. The van der Waals surface area contributed by atoms with Crippen LogP contribution in [-0.2, 0) is 6.54 Å². The Morgan fingerprint density at radius 1 is 1.41 bits per heavy atom. The molecule has 2 aromatic rings. The van der Waals surface area contributed by atoms with E-state index in [1.165, 1.54) is 22.9 Å². The summed E-state index contributed by atoms with van der Waals surface area (Å²) in [6.45, 7) is 2.25. The van der Waals surface area contributed by atoms with Gasteiger partial charge in [-0.3, -0.25) is 9.59 Å². The van der Waals surface area contributed by atoms with Gasteiger partial charge in [0.15, 0.2) is 0 Å². The topological polar surface area (TPSA) is 92.2 Å². The predicted octanol–water partition coefficient (Wildman–Crippen LogP) is 0.408. The number of rotatable bonds is 2. The second-order valence-corrected chi connectivity index (χ2v) is 3.55. The summed E-state index contributed by atoms with van der Waals surface area (Å²) >= 11 is 0. The van der Waals surface area contributed by atoms with Crippen molar-refractivity contribution in [1.82, 2.24) is 9.55 Å². The van der Waals surface area contributed by atoms with Crippen LogP contribution in [0.25, 0.3) is 11.0 Å². The van der Waals surface area contributed by atoms with E-state index in [1.807, 2.05) is 0 Å². The van der Waals surface area contributed by atoms with Crippen molar-refractivity contribution in [3.8, 4) is 0 Å². The van der Waals surface area contributed by atoms with Crippen LogP contribution in [-0.4, -0.2) is 20.6 Å². The van der Waals surface area contributed by atoms with Crippen LogP contribution >= 0.6 is 0 Å². The molecule has 0 saturated carbocycles. The minimum Gasteiger partial charge on any atom is -0.477 e. The van der Waals surface area contributed by atoms with Gasteiger partial charge in [-0.1, -0.05) is 0 Å². The number of nitrogens with zero attached hydrogens (tertiary/aromatic N) is 1. The average molecular weight is 234 g/mol. The monoisotopic (exact) mass is 234 g/mol. The van der Waals surface area contributed by atoms with E-state index in [0.29, 0.717) is 12.2 Å². The third-order valence-electron chi connectivity index (χ3n) is 2.53. The zero-order valence-corrected chi connectivity index (χ0v) is 9.06. The Kier molecular flexibility index (Phi) is 2.55. The van der Waals surface area contributed by atoms with Crippen molar-refractivity contribution in [3.63, 3.8) is 0 Å².